The van der Waals surface area contributed by atoms with Gasteiger partial charge in [-0.1, -0.05) is 23.7 Å². The molecule has 1 amide bonds. The van der Waals surface area contributed by atoms with Gasteiger partial charge in [0.2, 0.25) is 0 Å². The van der Waals surface area contributed by atoms with E-state index in [4.69, 9.17) is 16.3 Å². The maximum atomic E-state index is 12.1. The van der Waals surface area contributed by atoms with Crippen LogP contribution in [0.25, 0.3) is 0 Å². The van der Waals surface area contributed by atoms with Gasteiger partial charge in [0.05, 0.1) is 36.3 Å². The number of halogens is 1. The summed E-state index contributed by atoms with van der Waals surface area (Å²) >= 11 is 6.02. The fraction of sp³-hybridized carbons (Fsp3) is 0.500. The summed E-state index contributed by atoms with van der Waals surface area (Å²) in [5, 5.41) is 3.36. The Morgan fingerprint density at radius 3 is 2.64 bits per heavy atom. The minimum absolute atomic E-state index is 0.0182. The second-order valence-corrected chi connectivity index (χ2v) is 5.89. The number of piperidine rings is 1. The molecule has 1 saturated heterocycles. The van der Waals surface area contributed by atoms with E-state index in [9.17, 15) is 9.59 Å². The first-order valence-electron chi connectivity index (χ1n) is 7.64. The van der Waals surface area contributed by atoms with Gasteiger partial charge in [0, 0.05) is 12.8 Å². The highest BCUT2D eigenvalue weighted by atomic mass is 35.5. The van der Waals surface area contributed by atoms with Crippen molar-refractivity contribution in [1.82, 2.24) is 0 Å². The molecule has 1 aromatic carbocycles. The number of carbonyl (C=O) groups excluding carboxylic acids is 2. The van der Waals surface area contributed by atoms with Crippen molar-refractivity contribution in [3.63, 3.8) is 0 Å². The summed E-state index contributed by atoms with van der Waals surface area (Å²) in [5.41, 5.74) is 0.634. The molecule has 0 aliphatic carbocycles. The molecule has 6 heteroatoms. The molecule has 1 heterocycles. The molecule has 1 aliphatic rings. The van der Waals surface area contributed by atoms with Crippen molar-refractivity contribution in [2.75, 3.05) is 31.6 Å². The maximum Gasteiger partial charge on any atom is 0.309 e. The van der Waals surface area contributed by atoms with Gasteiger partial charge in [0.1, 0.15) is 0 Å². The van der Waals surface area contributed by atoms with Crippen LogP contribution in [0.3, 0.4) is 0 Å². The lowest BCUT2D eigenvalue weighted by atomic mass is 9.97. The number of hydrogen-bond acceptors (Lipinski definition) is 3. The first-order chi connectivity index (χ1) is 10.6. The molecule has 5 nitrogen and oxygen atoms in total. The van der Waals surface area contributed by atoms with Crippen molar-refractivity contribution in [3.05, 3.63) is 29.3 Å². The quantitative estimate of drug-likeness (QED) is 0.798. The molecule has 22 heavy (non-hydrogen) atoms. The van der Waals surface area contributed by atoms with Gasteiger partial charge >= 0.3 is 5.97 Å². The number of benzene rings is 1. The first-order valence-corrected chi connectivity index (χ1v) is 8.02. The standard InChI is InChI=1S/C16H21ClN2O3/c1-2-22-16(21)12-7-9-19(10-8-12)11-15(20)18-14-6-4-3-5-13(14)17/h3-6,12H,2,7-11H2,1H3,(H,18,20)/p+1. The SMILES string of the molecule is CCOC(=O)C1CC[NH+](CC(=O)Nc2ccccc2Cl)CC1. The van der Waals surface area contributed by atoms with E-state index in [-0.39, 0.29) is 17.8 Å². The average Bonchev–Trinajstić information content (AvgIpc) is 2.50. The zero-order valence-corrected chi connectivity index (χ0v) is 13.5. The third-order valence-electron chi connectivity index (χ3n) is 3.87. The number of rotatable bonds is 5. The van der Waals surface area contributed by atoms with Gasteiger partial charge in [-0.2, -0.15) is 0 Å². The number of hydrogen-bond donors (Lipinski definition) is 2. The van der Waals surface area contributed by atoms with Crippen molar-refractivity contribution in [3.8, 4) is 0 Å². The largest absolute Gasteiger partial charge is 0.466 e. The highest BCUT2D eigenvalue weighted by Crippen LogP contribution is 2.20. The van der Waals surface area contributed by atoms with Gasteiger partial charge in [-0.25, -0.2) is 0 Å². The first kappa shape index (κ1) is 16.8. The minimum Gasteiger partial charge on any atom is -0.466 e. The Hall–Kier alpha value is -1.59. The van der Waals surface area contributed by atoms with Gasteiger partial charge in [-0.15, -0.1) is 0 Å². The Kier molecular flexibility index (Phi) is 6.21. The molecule has 2 N–H and O–H groups in total. The summed E-state index contributed by atoms with van der Waals surface area (Å²) in [6.07, 6.45) is 1.54. The molecule has 0 bridgehead atoms. The Balaban J connectivity index is 1.77. The number of anilines is 1. The van der Waals surface area contributed by atoms with E-state index in [0.29, 0.717) is 23.9 Å². The van der Waals surface area contributed by atoms with Crippen LogP contribution < -0.4 is 10.2 Å². The molecule has 0 unspecified atom stereocenters. The molecule has 120 valence electrons. The van der Waals surface area contributed by atoms with Crippen molar-refractivity contribution in [1.29, 1.82) is 0 Å². The fourth-order valence-corrected chi connectivity index (χ4v) is 2.87. The molecule has 1 aromatic rings. The van der Waals surface area contributed by atoms with E-state index in [2.05, 4.69) is 5.32 Å². The van der Waals surface area contributed by atoms with Gasteiger partial charge in [0.15, 0.2) is 6.54 Å². The number of nitrogens with one attached hydrogen (secondary N) is 2. The molecule has 0 atom stereocenters. The summed E-state index contributed by atoms with van der Waals surface area (Å²) < 4.78 is 5.05. The van der Waals surface area contributed by atoms with E-state index in [1.165, 1.54) is 4.90 Å². The number of carbonyl (C=O) groups is 2. The maximum absolute atomic E-state index is 12.1. The highest BCUT2D eigenvalue weighted by Gasteiger charge is 2.29. The van der Waals surface area contributed by atoms with Crippen molar-refractivity contribution in [2.24, 2.45) is 5.92 Å². The Morgan fingerprint density at radius 1 is 1.32 bits per heavy atom. The number of likely N-dealkylation sites (tertiary alicyclic amines) is 1. The number of ether oxygens (including phenoxy) is 1. The van der Waals surface area contributed by atoms with Crippen LogP contribution in [0.2, 0.25) is 5.02 Å². The van der Waals surface area contributed by atoms with Gasteiger partial charge in [-0.3, -0.25) is 9.59 Å². The van der Waals surface area contributed by atoms with Gasteiger partial charge < -0.3 is 15.0 Å². The lowest BCUT2D eigenvalue weighted by Crippen LogP contribution is -3.14. The predicted octanol–water partition coefficient (Wildman–Crippen LogP) is 1.14. The molecule has 0 aromatic heterocycles. The molecular weight excluding hydrogens is 304 g/mol. The van der Waals surface area contributed by atoms with Crippen LogP contribution in [0, 0.1) is 5.92 Å². The smallest absolute Gasteiger partial charge is 0.309 e. The number of amides is 1. The summed E-state index contributed by atoms with van der Waals surface area (Å²) in [6, 6.07) is 7.18. The summed E-state index contributed by atoms with van der Waals surface area (Å²) in [4.78, 5) is 24.9. The van der Waals surface area contributed by atoms with Crippen molar-refractivity contribution in [2.45, 2.75) is 19.8 Å². The zero-order valence-electron chi connectivity index (χ0n) is 12.7. The van der Waals surface area contributed by atoms with E-state index < -0.39 is 0 Å². The fourth-order valence-electron chi connectivity index (χ4n) is 2.68. The molecule has 0 spiro atoms. The summed E-state index contributed by atoms with van der Waals surface area (Å²) in [7, 11) is 0. The summed E-state index contributed by atoms with van der Waals surface area (Å²) in [6.45, 7) is 4.24. The van der Waals surface area contributed by atoms with E-state index in [0.717, 1.165) is 25.9 Å². The van der Waals surface area contributed by atoms with Crippen LogP contribution in [-0.4, -0.2) is 38.1 Å². The second-order valence-electron chi connectivity index (χ2n) is 5.48. The average molecular weight is 326 g/mol. The monoisotopic (exact) mass is 325 g/mol. The highest BCUT2D eigenvalue weighted by molar-refractivity contribution is 6.33. The normalized spacial score (nSPS) is 21.2. The lowest BCUT2D eigenvalue weighted by molar-refractivity contribution is -0.897. The molecule has 1 fully saturated rings. The van der Waals surface area contributed by atoms with Crippen molar-refractivity contribution < 1.29 is 19.2 Å². The topological polar surface area (TPSA) is 59.8 Å². The molecule has 2 rings (SSSR count). The van der Waals surface area contributed by atoms with Crippen LogP contribution in [0.4, 0.5) is 5.69 Å². The van der Waals surface area contributed by atoms with Crippen molar-refractivity contribution >= 4 is 29.2 Å². The Labute approximate surface area is 135 Å². The van der Waals surface area contributed by atoms with E-state index in [1.54, 1.807) is 12.1 Å². The van der Waals surface area contributed by atoms with E-state index >= 15 is 0 Å². The Morgan fingerprint density at radius 2 is 2.00 bits per heavy atom. The van der Waals surface area contributed by atoms with Crippen LogP contribution in [0.5, 0.6) is 0 Å². The zero-order chi connectivity index (χ0) is 15.9. The number of esters is 1. The van der Waals surface area contributed by atoms with Crippen LogP contribution in [0.15, 0.2) is 24.3 Å². The lowest BCUT2D eigenvalue weighted by Gasteiger charge is -2.27. The Bertz CT molecular complexity index is 528. The molecule has 1 aliphatic heterocycles. The summed E-state index contributed by atoms with van der Waals surface area (Å²) in [5.74, 6) is -0.185. The van der Waals surface area contributed by atoms with Gasteiger partial charge in [-0.05, 0) is 19.1 Å². The van der Waals surface area contributed by atoms with Crippen LogP contribution in [-0.2, 0) is 14.3 Å². The minimum atomic E-state index is -0.109. The molecule has 0 radical (unpaired) electrons. The molecule has 0 saturated carbocycles. The number of quaternary nitrogens is 1. The van der Waals surface area contributed by atoms with Gasteiger partial charge in [0.25, 0.3) is 5.91 Å². The molecular formula is C16H22ClN2O3+. The number of para-hydroxylation sites is 1. The third-order valence-corrected chi connectivity index (χ3v) is 4.20. The van der Waals surface area contributed by atoms with Crippen LogP contribution >= 0.6 is 11.6 Å². The van der Waals surface area contributed by atoms with E-state index in [1.807, 2.05) is 19.1 Å². The predicted molar refractivity (Wildman–Crippen MR) is 85.0 cm³/mol. The third kappa shape index (κ3) is 4.71. The van der Waals surface area contributed by atoms with Crippen LogP contribution in [0.1, 0.15) is 19.8 Å². The second kappa shape index (κ2) is 8.15.